The van der Waals surface area contributed by atoms with E-state index in [1.54, 1.807) is 50.8 Å². The number of halogens is 1. The van der Waals surface area contributed by atoms with Gasteiger partial charge in [-0.1, -0.05) is 0 Å². The number of fused-ring (bicyclic) bond motifs is 1. The van der Waals surface area contributed by atoms with Gasteiger partial charge in [-0.3, -0.25) is 14.8 Å². The molecule has 0 atom stereocenters. The molecule has 156 valence electrons. The number of aromatic nitrogens is 4. The maximum Gasteiger partial charge on any atom is 0.259 e. The lowest BCUT2D eigenvalue weighted by Crippen LogP contribution is -2.27. The number of likely N-dealkylation sites (N-methyl/N-ethyl adjacent to an activating group) is 1. The van der Waals surface area contributed by atoms with Crippen molar-refractivity contribution in [1.29, 1.82) is 0 Å². The molecule has 0 radical (unpaired) electrons. The molecule has 1 N–H and O–H groups in total. The molecule has 9 heteroatoms. The number of carbonyl (C=O) groups excluding carboxylic acids is 1. The average Bonchev–Trinajstić information content (AvgIpc) is 2.78. The molecule has 31 heavy (non-hydrogen) atoms. The molecule has 0 aliphatic rings. The highest BCUT2D eigenvalue weighted by molar-refractivity contribution is 5.93. The van der Waals surface area contributed by atoms with Crippen LogP contribution in [0.3, 0.4) is 0 Å². The number of nitrogens with zero attached hydrogens (tertiary/aromatic N) is 5. The topological polar surface area (TPSA) is 93.1 Å². The fourth-order valence-electron chi connectivity index (χ4n) is 2.81. The summed E-state index contributed by atoms with van der Waals surface area (Å²) >= 11 is 0. The Bertz CT molecular complexity index is 1230. The first-order valence-electron chi connectivity index (χ1n) is 9.42. The van der Waals surface area contributed by atoms with Crippen LogP contribution in [0, 0.1) is 5.82 Å². The summed E-state index contributed by atoms with van der Waals surface area (Å²) in [4.78, 5) is 30.5. The first-order chi connectivity index (χ1) is 15.0. The third kappa shape index (κ3) is 4.72. The second-order valence-corrected chi connectivity index (χ2v) is 6.91. The van der Waals surface area contributed by atoms with Crippen molar-refractivity contribution in [2.45, 2.75) is 0 Å². The number of hydrogen-bond acceptors (Lipinski definition) is 7. The lowest BCUT2D eigenvalue weighted by Gasteiger charge is -2.14. The zero-order valence-electron chi connectivity index (χ0n) is 16.9. The summed E-state index contributed by atoms with van der Waals surface area (Å²) in [6.45, 7) is -0.0935. The van der Waals surface area contributed by atoms with Gasteiger partial charge in [0, 0.05) is 43.5 Å². The number of ether oxygens (including phenoxy) is 1. The Morgan fingerprint density at radius 1 is 1.10 bits per heavy atom. The first kappa shape index (κ1) is 20.1. The van der Waals surface area contributed by atoms with Crippen LogP contribution in [0.5, 0.6) is 5.75 Å². The quantitative estimate of drug-likeness (QED) is 0.513. The highest BCUT2D eigenvalue weighted by Crippen LogP contribution is 2.30. The lowest BCUT2D eigenvalue weighted by molar-refractivity contribution is -0.130. The molecule has 0 spiro atoms. The smallest absolute Gasteiger partial charge is 0.259 e. The van der Waals surface area contributed by atoms with Crippen molar-refractivity contribution < 1.29 is 13.9 Å². The monoisotopic (exact) mass is 418 g/mol. The molecular weight excluding hydrogens is 399 g/mol. The standard InChI is InChI=1S/C22H19FN6O2/c1-29(2)20(30)13-31-17-5-6-19-18(9-17)22(26-16-8-15(23)11-25-12-16)28-21(27-19)14-4-3-7-24-10-14/h3-12H,13H2,1-2H3,(H,26,27,28). The van der Waals surface area contributed by atoms with Crippen molar-refractivity contribution in [2.75, 3.05) is 26.0 Å². The van der Waals surface area contributed by atoms with Crippen LogP contribution in [0.15, 0.2) is 61.2 Å². The van der Waals surface area contributed by atoms with E-state index >= 15 is 0 Å². The van der Waals surface area contributed by atoms with Crippen LogP contribution in [0.1, 0.15) is 0 Å². The molecule has 3 aromatic heterocycles. The van der Waals surface area contributed by atoms with Crippen LogP contribution >= 0.6 is 0 Å². The summed E-state index contributed by atoms with van der Waals surface area (Å²) in [5, 5.41) is 3.75. The van der Waals surface area contributed by atoms with Crippen molar-refractivity contribution in [2.24, 2.45) is 0 Å². The minimum absolute atomic E-state index is 0.0935. The van der Waals surface area contributed by atoms with Gasteiger partial charge in [0.25, 0.3) is 5.91 Å². The van der Waals surface area contributed by atoms with Crippen LogP contribution in [-0.2, 0) is 4.79 Å². The van der Waals surface area contributed by atoms with Crippen molar-refractivity contribution in [3.8, 4) is 17.1 Å². The summed E-state index contributed by atoms with van der Waals surface area (Å²) < 4.78 is 19.3. The molecule has 4 rings (SSSR count). The van der Waals surface area contributed by atoms with Crippen molar-refractivity contribution in [3.05, 3.63) is 67.0 Å². The van der Waals surface area contributed by atoms with E-state index in [0.29, 0.717) is 34.0 Å². The number of benzene rings is 1. The Morgan fingerprint density at radius 3 is 2.71 bits per heavy atom. The summed E-state index contributed by atoms with van der Waals surface area (Å²) in [7, 11) is 3.32. The van der Waals surface area contributed by atoms with Crippen molar-refractivity contribution in [1.82, 2.24) is 24.8 Å². The van der Waals surface area contributed by atoms with E-state index in [0.717, 1.165) is 11.8 Å². The fraction of sp³-hybridized carbons (Fsp3) is 0.136. The largest absolute Gasteiger partial charge is 0.484 e. The molecule has 1 aromatic carbocycles. The average molecular weight is 418 g/mol. The van der Waals surface area contributed by atoms with E-state index in [4.69, 9.17) is 4.74 Å². The molecule has 0 unspecified atom stereocenters. The second kappa shape index (κ2) is 8.70. The van der Waals surface area contributed by atoms with Crippen LogP contribution in [0.25, 0.3) is 22.3 Å². The van der Waals surface area contributed by atoms with Gasteiger partial charge in [-0.15, -0.1) is 0 Å². The molecule has 0 fully saturated rings. The highest BCUT2D eigenvalue weighted by Gasteiger charge is 2.13. The van der Waals surface area contributed by atoms with Gasteiger partial charge in [0.2, 0.25) is 0 Å². The summed E-state index contributed by atoms with van der Waals surface area (Å²) in [5.41, 5.74) is 1.82. The Labute approximate surface area is 177 Å². The van der Waals surface area contributed by atoms with Gasteiger partial charge < -0.3 is 15.0 Å². The van der Waals surface area contributed by atoms with E-state index in [9.17, 15) is 9.18 Å². The second-order valence-electron chi connectivity index (χ2n) is 6.91. The molecule has 4 aromatic rings. The number of amides is 1. The molecule has 0 aliphatic carbocycles. The normalized spacial score (nSPS) is 10.7. The zero-order valence-corrected chi connectivity index (χ0v) is 16.9. The van der Waals surface area contributed by atoms with Gasteiger partial charge in [0.15, 0.2) is 12.4 Å². The number of nitrogens with one attached hydrogen (secondary N) is 1. The minimum atomic E-state index is -0.470. The third-order valence-electron chi connectivity index (χ3n) is 4.42. The van der Waals surface area contributed by atoms with E-state index in [2.05, 4.69) is 25.3 Å². The van der Waals surface area contributed by atoms with Gasteiger partial charge in [-0.2, -0.15) is 0 Å². The summed E-state index contributed by atoms with van der Waals surface area (Å²) in [6, 6.07) is 10.2. The van der Waals surface area contributed by atoms with Crippen molar-refractivity contribution >= 4 is 28.3 Å². The van der Waals surface area contributed by atoms with Crippen LogP contribution in [0.4, 0.5) is 15.9 Å². The van der Waals surface area contributed by atoms with E-state index in [-0.39, 0.29) is 12.5 Å². The predicted molar refractivity (Wildman–Crippen MR) is 114 cm³/mol. The number of rotatable bonds is 6. The van der Waals surface area contributed by atoms with E-state index in [1.807, 2.05) is 6.07 Å². The van der Waals surface area contributed by atoms with Crippen LogP contribution in [-0.4, -0.2) is 51.4 Å². The molecule has 0 bridgehead atoms. The zero-order chi connectivity index (χ0) is 21.8. The van der Waals surface area contributed by atoms with E-state index < -0.39 is 5.82 Å². The van der Waals surface area contributed by atoms with Gasteiger partial charge in [-0.05, 0) is 30.3 Å². The first-order valence-corrected chi connectivity index (χ1v) is 9.42. The summed E-state index contributed by atoms with van der Waals surface area (Å²) in [6.07, 6.45) is 5.95. The Hall–Kier alpha value is -4.14. The predicted octanol–water partition coefficient (Wildman–Crippen LogP) is 3.44. The maximum atomic E-state index is 13.6. The van der Waals surface area contributed by atoms with Gasteiger partial charge in [0.05, 0.1) is 23.6 Å². The summed E-state index contributed by atoms with van der Waals surface area (Å²) in [5.74, 6) is 0.764. The van der Waals surface area contributed by atoms with Crippen LogP contribution in [0.2, 0.25) is 0 Å². The van der Waals surface area contributed by atoms with Crippen LogP contribution < -0.4 is 10.1 Å². The Balaban J connectivity index is 1.76. The minimum Gasteiger partial charge on any atom is -0.484 e. The van der Waals surface area contributed by atoms with Gasteiger partial charge >= 0.3 is 0 Å². The lowest BCUT2D eigenvalue weighted by atomic mass is 10.2. The molecule has 0 saturated heterocycles. The third-order valence-corrected chi connectivity index (χ3v) is 4.42. The molecule has 3 heterocycles. The number of pyridine rings is 2. The Kier molecular flexibility index (Phi) is 5.65. The fourth-order valence-corrected chi connectivity index (χ4v) is 2.81. The number of carbonyl (C=O) groups is 1. The number of anilines is 2. The maximum absolute atomic E-state index is 13.6. The molecule has 1 amide bonds. The van der Waals surface area contributed by atoms with Crippen molar-refractivity contribution in [3.63, 3.8) is 0 Å². The van der Waals surface area contributed by atoms with E-state index in [1.165, 1.54) is 17.2 Å². The number of hydrogen-bond donors (Lipinski definition) is 1. The van der Waals surface area contributed by atoms with Gasteiger partial charge in [0.1, 0.15) is 17.4 Å². The van der Waals surface area contributed by atoms with Gasteiger partial charge in [-0.25, -0.2) is 14.4 Å². The molecule has 8 nitrogen and oxygen atoms in total. The molecule has 0 saturated carbocycles. The molecule has 0 aliphatic heterocycles. The Morgan fingerprint density at radius 2 is 1.97 bits per heavy atom. The molecular formula is C22H19FN6O2. The highest BCUT2D eigenvalue weighted by atomic mass is 19.1. The SMILES string of the molecule is CN(C)C(=O)COc1ccc2nc(-c3cccnc3)nc(Nc3cncc(F)c3)c2c1.